The van der Waals surface area contributed by atoms with Gasteiger partial charge in [0.15, 0.2) is 0 Å². The number of methoxy groups -OCH3 is 1. The largest absolute Gasteiger partial charge is 0.497 e. The van der Waals surface area contributed by atoms with E-state index in [-0.39, 0.29) is 31.2 Å². The second-order valence-corrected chi connectivity index (χ2v) is 6.71. The van der Waals surface area contributed by atoms with Crippen molar-refractivity contribution in [3.63, 3.8) is 0 Å². The van der Waals surface area contributed by atoms with Crippen LogP contribution in [0, 0.1) is 0 Å². The third-order valence-corrected chi connectivity index (χ3v) is 4.46. The minimum Gasteiger partial charge on any atom is -0.497 e. The maximum absolute atomic E-state index is 12.2. The molecule has 0 radical (unpaired) electrons. The van der Waals surface area contributed by atoms with Crippen LogP contribution in [0.3, 0.4) is 0 Å². The second-order valence-electron chi connectivity index (χ2n) is 6.71. The van der Waals surface area contributed by atoms with Crippen LogP contribution in [0.5, 0.6) is 5.75 Å². The number of hydrogen-bond donors (Lipinski definition) is 3. The molecule has 2 rings (SSSR count). The molecule has 0 aliphatic rings. The molecule has 0 saturated heterocycles. The Morgan fingerprint density at radius 2 is 1.62 bits per heavy atom. The van der Waals surface area contributed by atoms with Gasteiger partial charge in [-0.1, -0.05) is 42.5 Å². The average Bonchev–Trinajstić information content (AvgIpc) is 2.72. The first-order chi connectivity index (χ1) is 13.9. The maximum Gasteiger partial charge on any atom is 0.326 e. The first-order valence-corrected chi connectivity index (χ1v) is 9.38. The molecule has 29 heavy (non-hydrogen) atoms. The fourth-order valence-electron chi connectivity index (χ4n) is 2.87. The minimum absolute atomic E-state index is 0.0193. The van der Waals surface area contributed by atoms with Crippen molar-refractivity contribution in [1.82, 2.24) is 10.6 Å². The van der Waals surface area contributed by atoms with Crippen LogP contribution < -0.4 is 15.4 Å². The molecule has 2 atom stereocenters. The van der Waals surface area contributed by atoms with E-state index in [0.717, 1.165) is 11.1 Å². The van der Waals surface area contributed by atoms with Crippen LogP contribution in [0.4, 0.5) is 0 Å². The van der Waals surface area contributed by atoms with E-state index in [0.29, 0.717) is 5.75 Å². The zero-order valence-electron chi connectivity index (χ0n) is 16.6. The predicted molar refractivity (Wildman–Crippen MR) is 108 cm³/mol. The quantitative estimate of drug-likeness (QED) is 0.570. The third-order valence-electron chi connectivity index (χ3n) is 4.46. The molecule has 0 aliphatic carbocycles. The molecule has 0 aromatic heterocycles. The van der Waals surface area contributed by atoms with E-state index in [1.807, 2.05) is 37.3 Å². The number of carbonyl (C=O) groups is 3. The smallest absolute Gasteiger partial charge is 0.326 e. The number of carbonyl (C=O) groups excluding carboxylic acids is 2. The summed E-state index contributed by atoms with van der Waals surface area (Å²) < 4.78 is 5.13. The minimum atomic E-state index is -1.14. The number of hydrogen-bond acceptors (Lipinski definition) is 4. The van der Waals surface area contributed by atoms with E-state index in [4.69, 9.17) is 4.74 Å². The summed E-state index contributed by atoms with van der Waals surface area (Å²) in [4.78, 5) is 35.8. The van der Waals surface area contributed by atoms with Gasteiger partial charge in [0.25, 0.3) is 0 Å². The Bertz CT molecular complexity index is 838. The number of aliphatic carboxylic acids is 1. The number of carboxylic acid groups (broad SMARTS) is 1. The molecule has 7 heteroatoms. The van der Waals surface area contributed by atoms with Crippen LogP contribution in [0.2, 0.25) is 0 Å². The van der Waals surface area contributed by atoms with Crippen LogP contribution in [0.15, 0.2) is 54.6 Å². The van der Waals surface area contributed by atoms with Crippen molar-refractivity contribution < 1.29 is 24.2 Å². The average molecular weight is 398 g/mol. The molecule has 2 amide bonds. The number of benzene rings is 2. The van der Waals surface area contributed by atoms with Gasteiger partial charge in [-0.25, -0.2) is 4.79 Å². The molecule has 0 saturated carbocycles. The molecule has 0 heterocycles. The lowest BCUT2D eigenvalue weighted by Crippen LogP contribution is -2.42. The normalized spacial score (nSPS) is 12.5. The van der Waals surface area contributed by atoms with Crippen molar-refractivity contribution >= 4 is 17.8 Å². The van der Waals surface area contributed by atoms with Gasteiger partial charge in [-0.2, -0.15) is 0 Å². The first-order valence-electron chi connectivity index (χ1n) is 9.38. The number of ether oxygens (including phenoxy) is 1. The summed E-state index contributed by atoms with van der Waals surface area (Å²) in [6.07, 6.45) is 0.0131. The zero-order valence-corrected chi connectivity index (χ0v) is 16.6. The van der Waals surface area contributed by atoms with E-state index in [9.17, 15) is 19.5 Å². The third kappa shape index (κ3) is 7.29. The molecule has 7 nitrogen and oxygen atoms in total. The molecular formula is C22H26N2O5. The van der Waals surface area contributed by atoms with Gasteiger partial charge in [0.1, 0.15) is 11.8 Å². The number of amides is 2. The van der Waals surface area contributed by atoms with Gasteiger partial charge in [-0.3, -0.25) is 9.59 Å². The lowest BCUT2D eigenvalue weighted by molar-refractivity contribution is -0.141. The summed E-state index contributed by atoms with van der Waals surface area (Å²) >= 11 is 0. The highest BCUT2D eigenvalue weighted by molar-refractivity contribution is 5.87. The number of nitrogens with one attached hydrogen (secondary N) is 2. The summed E-state index contributed by atoms with van der Waals surface area (Å²) in [6, 6.07) is 15.2. The van der Waals surface area contributed by atoms with Crippen molar-refractivity contribution in [2.24, 2.45) is 0 Å². The van der Waals surface area contributed by atoms with Crippen LogP contribution in [0.25, 0.3) is 0 Å². The number of carboxylic acids is 1. The zero-order chi connectivity index (χ0) is 21.2. The van der Waals surface area contributed by atoms with Gasteiger partial charge in [-0.05, 0) is 30.2 Å². The summed E-state index contributed by atoms with van der Waals surface area (Å²) in [5.41, 5.74) is 1.70. The highest BCUT2D eigenvalue weighted by Crippen LogP contribution is 2.14. The Morgan fingerprint density at radius 3 is 2.24 bits per heavy atom. The highest BCUT2D eigenvalue weighted by atomic mass is 16.5. The van der Waals surface area contributed by atoms with Crippen LogP contribution in [0.1, 0.15) is 36.9 Å². The van der Waals surface area contributed by atoms with Gasteiger partial charge < -0.3 is 20.5 Å². The molecule has 2 aromatic rings. The van der Waals surface area contributed by atoms with E-state index < -0.39 is 17.9 Å². The predicted octanol–water partition coefficient (Wildman–Crippen LogP) is 2.46. The van der Waals surface area contributed by atoms with Gasteiger partial charge in [0.05, 0.1) is 13.2 Å². The van der Waals surface area contributed by atoms with E-state index >= 15 is 0 Å². The van der Waals surface area contributed by atoms with E-state index in [1.54, 1.807) is 24.3 Å². The topological polar surface area (TPSA) is 105 Å². The maximum atomic E-state index is 12.2. The molecule has 0 fully saturated rings. The molecule has 3 N–H and O–H groups in total. The van der Waals surface area contributed by atoms with Crippen LogP contribution in [-0.4, -0.2) is 36.0 Å². The summed E-state index contributed by atoms with van der Waals surface area (Å²) in [5, 5.41) is 14.7. The van der Waals surface area contributed by atoms with Crippen molar-refractivity contribution in [3.8, 4) is 5.75 Å². The molecule has 154 valence electrons. The molecule has 0 bridgehead atoms. The fraction of sp³-hybridized carbons (Fsp3) is 0.318. The molecule has 0 unspecified atom stereocenters. The van der Waals surface area contributed by atoms with Crippen molar-refractivity contribution in [2.75, 3.05) is 7.11 Å². The SMILES string of the molecule is COc1cccc(C[C@H](NC(=O)CCC(=O)N[C@H](C)c2ccccc2)C(=O)O)c1. The summed E-state index contributed by atoms with van der Waals surface area (Å²) in [5.74, 6) is -1.27. The molecule has 0 spiro atoms. The van der Waals surface area contributed by atoms with Gasteiger partial charge in [0.2, 0.25) is 11.8 Å². The molecular weight excluding hydrogens is 372 g/mol. The summed E-state index contributed by atoms with van der Waals surface area (Å²) in [6.45, 7) is 1.86. The van der Waals surface area contributed by atoms with Crippen molar-refractivity contribution in [3.05, 3.63) is 65.7 Å². The van der Waals surface area contributed by atoms with Gasteiger partial charge >= 0.3 is 5.97 Å². The standard InChI is InChI=1S/C22H26N2O5/c1-15(17-8-4-3-5-9-17)23-20(25)11-12-21(26)24-19(22(27)28)14-16-7-6-10-18(13-16)29-2/h3-10,13,15,19H,11-12,14H2,1-2H3,(H,23,25)(H,24,26)(H,27,28)/t15-,19+/m1/s1. The Morgan fingerprint density at radius 1 is 0.966 bits per heavy atom. The van der Waals surface area contributed by atoms with E-state index in [1.165, 1.54) is 7.11 Å². The van der Waals surface area contributed by atoms with Gasteiger partial charge in [0, 0.05) is 19.3 Å². The lowest BCUT2D eigenvalue weighted by Gasteiger charge is -2.16. The fourth-order valence-corrected chi connectivity index (χ4v) is 2.87. The monoisotopic (exact) mass is 398 g/mol. The number of rotatable bonds is 10. The van der Waals surface area contributed by atoms with Crippen LogP contribution in [-0.2, 0) is 20.8 Å². The van der Waals surface area contributed by atoms with Crippen molar-refractivity contribution in [2.45, 2.75) is 38.3 Å². The molecule has 0 aliphatic heterocycles. The Balaban J connectivity index is 1.83. The Hall–Kier alpha value is -3.35. The summed E-state index contributed by atoms with van der Waals surface area (Å²) in [7, 11) is 1.53. The van der Waals surface area contributed by atoms with Crippen molar-refractivity contribution in [1.29, 1.82) is 0 Å². The lowest BCUT2D eigenvalue weighted by atomic mass is 10.1. The highest BCUT2D eigenvalue weighted by Gasteiger charge is 2.21. The van der Waals surface area contributed by atoms with E-state index in [2.05, 4.69) is 10.6 Å². The first kappa shape index (κ1) is 21.9. The van der Waals surface area contributed by atoms with Gasteiger partial charge in [-0.15, -0.1) is 0 Å². The molecule has 2 aromatic carbocycles. The second kappa shape index (κ2) is 10.8. The van der Waals surface area contributed by atoms with Crippen LogP contribution >= 0.6 is 0 Å². The Labute approximate surface area is 170 Å². The Kier molecular flexibility index (Phi) is 8.21.